The quantitative estimate of drug-likeness (QED) is 0.207. The molecule has 2 rings (SSSR count). The Kier molecular flexibility index (Phi) is 18.9. The van der Waals surface area contributed by atoms with Gasteiger partial charge in [-0.1, -0.05) is 96.2 Å². The summed E-state index contributed by atoms with van der Waals surface area (Å²) < 4.78 is 0. The number of rotatable bonds is 14. The van der Waals surface area contributed by atoms with Crippen molar-refractivity contribution in [2.75, 3.05) is 0 Å². The molecule has 6 heteroatoms. The summed E-state index contributed by atoms with van der Waals surface area (Å²) in [4.78, 5) is 20.4. The lowest BCUT2D eigenvalue weighted by Gasteiger charge is -2.32. The van der Waals surface area contributed by atoms with Crippen molar-refractivity contribution in [3.05, 3.63) is 71.8 Å². The average Bonchev–Trinajstić information content (AvgIpc) is 2.92. The van der Waals surface area contributed by atoms with Gasteiger partial charge in [0.05, 0.1) is 22.8 Å². The predicted octanol–water partition coefficient (Wildman–Crippen LogP) is 7.44. The lowest BCUT2D eigenvalue weighted by atomic mass is 9.80. The Hall–Kier alpha value is -2.70. The molecule has 3 atom stereocenters. The highest BCUT2D eigenvalue weighted by molar-refractivity contribution is 5.87. The van der Waals surface area contributed by atoms with Gasteiger partial charge in [-0.25, -0.2) is 9.59 Å². The molecule has 2 aromatic rings. The number of aliphatic hydroxyl groups excluding tert-OH is 1. The first kappa shape index (κ1) is 34.3. The third-order valence-electron chi connectivity index (χ3n) is 6.41. The van der Waals surface area contributed by atoms with Gasteiger partial charge in [0.1, 0.15) is 0 Å². The zero-order chi connectivity index (χ0) is 28.1. The predicted molar refractivity (Wildman–Crippen MR) is 150 cm³/mol. The van der Waals surface area contributed by atoms with Crippen LogP contribution >= 0.6 is 0 Å². The monoisotopic (exact) mass is 516 g/mol. The number of hydrogen-bond acceptors (Lipinski definition) is 4. The van der Waals surface area contributed by atoms with Gasteiger partial charge in [-0.15, -0.1) is 0 Å². The van der Waals surface area contributed by atoms with Crippen molar-refractivity contribution in [2.24, 2.45) is 5.92 Å². The van der Waals surface area contributed by atoms with E-state index in [2.05, 4.69) is 20.8 Å². The molecule has 0 aromatic heterocycles. The van der Waals surface area contributed by atoms with Crippen LogP contribution in [-0.2, 0) is 0 Å². The van der Waals surface area contributed by atoms with Crippen LogP contribution in [0.4, 0.5) is 0 Å². The minimum atomic E-state index is -0.879. The number of aromatic carboxylic acids is 2. The number of benzene rings is 2. The Morgan fingerprint density at radius 2 is 1.24 bits per heavy atom. The van der Waals surface area contributed by atoms with Gasteiger partial charge in [0.15, 0.2) is 0 Å². The highest BCUT2D eigenvalue weighted by Crippen LogP contribution is 2.31. The molecule has 0 aliphatic heterocycles. The molecule has 208 valence electrons. The first-order chi connectivity index (χ1) is 17.6. The molecule has 6 nitrogen and oxygen atoms in total. The van der Waals surface area contributed by atoms with E-state index in [1.807, 2.05) is 6.92 Å². The summed E-state index contributed by atoms with van der Waals surface area (Å²) in [7, 11) is 0. The molecule has 0 saturated heterocycles. The van der Waals surface area contributed by atoms with E-state index in [9.17, 15) is 19.8 Å². The Morgan fingerprint density at radius 3 is 1.57 bits per heavy atom. The maximum atomic E-state index is 10.7. The minimum absolute atomic E-state index is 0.200. The summed E-state index contributed by atoms with van der Waals surface area (Å²) in [5.74, 6) is -1.29. The van der Waals surface area contributed by atoms with Crippen molar-refractivity contribution in [3.63, 3.8) is 0 Å². The van der Waals surface area contributed by atoms with Gasteiger partial charge in [0.25, 0.3) is 0 Å². The van der Waals surface area contributed by atoms with E-state index in [0.29, 0.717) is 17.0 Å². The van der Waals surface area contributed by atoms with Crippen LogP contribution in [0.15, 0.2) is 60.7 Å². The van der Waals surface area contributed by atoms with Crippen molar-refractivity contribution >= 4 is 11.9 Å². The Bertz CT molecular complexity index is 790. The molecule has 0 fully saturated rings. The largest absolute Gasteiger partial charge is 0.478 e. The molecule has 4 N–H and O–H groups in total. The molecule has 3 unspecified atom stereocenters. The standard InChI is InChI=1S/C17H36O2.2C7H6O2/c1-5-9-11-15(13-16(18)7-3)14-17(19,8-4)12-10-6-2;2*8-7(9)6-4-2-1-3-5-6/h15-16,18-19H,5-14H2,1-4H3;2*1-5H,(H,8,9). The van der Waals surface area contributed by atoms with Crippen molar-refractivity contribution in [1.82, 2.24) is 0 Å². The number of unbranched alkanes of at least 4 members (excludes halogenated alkanes) is 2. The van der Waals surface area contributed by atoms with E-state index in [-0.39, 0.29) is 6.10 Å². The summed E-state index contributed by atoms with van der Waals surface area (Å²) in [5, 5.41) is 37.4. The molecule has 37 heavy (non-hydrogen) atoms. The van der Waals surface area contributed by atoms with E-state index in [4.69, 9.17) is 10.2 Å². The van der Waals surface area contributed by atoms with E-state index < -0.39 is 17.5 Å². The van der Waals surface area contributed by atoms with Crippen molar-refractivity contribution in [3.8, 4) is 0 Å². The van der Waals surface area contributed by atoms with Crippen molar-refractivity contribution in [2.45, 2.75) is 104 Å². The fraction of sp³-hybridized carbons (Fsp3) is 0.548. The van der Waals surface area contributed by atoms with Gasteiger partial charge in [0.2, 0.25) is 0 Å². The van der Waals surface area contributed by atoms with Crippen LogP contribution in [0, 0.1) is 5.92 Å². The Labute approximate surface area is 223 Å². The van der Waals surface area contributed by atoms with Crippen LogP contribution in [0.5, 0.6) is 0 Å². The Balaban J connectivity index is 0.000000591. The Morgan fingerprint density at radius 1 is 0.784 bits per heavy atom. The fourth-order valence-electron chi connectivity index (χ4n) is 3.98. The van der Waals surface area contributed by atoms with Crippen LogP contribution in [0.25, 0.3) is 0 Å². The van der Waals surface area contributed by atoms with Gasteiger partial charge >= 0.3 is 11.9 Å². The van der Waals surface area contributed by atoms with Crippen LogP contribution in [0.1, 0.15) is 113 Å². The molecule has 0 amide bonds. The van der Waals surface area contributed by atoms with E-state index in [1.165, 1.54) is 12.8 Å². The highest BCUT2D eigenvalue weighted by atomic mass is 16.4. The summed E-state index contributed by atoms with van der Waals surface area (Å²) in [6.45, 7) is 8.50. The minimum Gasteiger partial charge on any atom is -0.478 e. The van der Waals surface area contributed by atoms with Gasteiger partial charge in [-0.3, -0.25) is 0 Å². The number of carboxylic acids is 2. The maximum absolute atomic E-state index is 10.7. The molecule has 0 aliphatic carbocycles. The molecule has 0 radical (unpaired) electrons. The van der Waals surface area contributed by atoms with Gasteiger partial charge < -0.3 is 20.4 Å². The first-order valence-corrected chi connectivity index (χ1v) is 13.6. The number of carbonyl (C=O) groups is 2. The normalized spacial score (nSPS) is 13.6. The summed E-state index contributed by atoms with van der Waals surface area (Å²) in [6, 6.07) is 16.6. The van der Waals surface area contributed by atoms with Crippen LogP contribution < -0.4 is 0 Å². The average molecular weight is 517 g/mol. The summed E-state index contributed by atoms with van der Waals surface area (Å²) >= 11 is 0. The molecule has 0 spiro atoms. The molecular formula is C31H48O6. The lowest BCUT2D eigenvalue weighted by molar-refractivity contribution is -0.00754. The first-order valence-electron chi connectivity index (χ1n) is 13.6. The summed E-state index contributed by atoms with van der Waals surface area (Å²) in [6.07, 6.45) is 9.85. The zero-order valence-corrected chi connectivity index (χ0v) is 23.1. The maximum Gasteiger partial charge on any atom is 0.335 e. The SMILES string of the molecule is CCCCC(CC(O)CC)CC(O)(CC)CCCC.O=C(O)c1ccccc1.O=C(O)c1ccccc1. The lowest BCUT2D eigenvalue weighted by Crippen LogP contribution is -2.32. The van der Waals surface area contributed by atoms with Crippen molar-refractivity contribution in [1.29, 1.82) is 0 Å². The molecule has 0 aliphatic rings. The fourth-order valence-corrected chi connectivity index (χ4v) is 3.98. The topological polar surface area (TPSA) is 115 Å². The smallest absolute Gasteiger partial charge is 0.335 e. The second-order valence-corrected chi connectivity index (χ2v) is 9.53. The number of hydrogen-bond donors (Lipinski definition) is 4. The second kappa shape index (κ2) is 20.4. The van der Waals surface area contributed by atoms with E-state index >= 15 is 0 Å². The number of carboxylic acid groups (broad SMARTS) is 2. The molecule has 0 bridgehead atoms. The zero-order valence-electron chi connectivity index (χ0n) is 23.1. The summed E-state index contributed by atoms with van der Waals surface area (Å²) in [5.41, 5.74) is 0.150. The van der Waals surface area contributed by atoms with E-state index in [0.717, 1.165) is 51.4 Å². The van der Waals surface area contributed by atoms with Crippen LogP contribution in [0.3, 0.4) is 0 Å². The molecule has 2 aromatic carbocycles. The highest BCUT2D eigenvalue weighted by Gasteiger charge is 2.28. The third kappa shape index (κ3) is 16.6. The van der Waals surface area contributed by atoms with E-state index in [1.54, 1.807) is 60.7 Å². The molecular weight excluding hydrogens is 468 g/mol. The van der Waals surface area contributed by atoms with Gasteiger partial charge in [-0.2, -0.15) is 0 Å². The van der Waals surface area contributed by atoms with Gasteiger partial charge in [0, 0.05) is 0 Å². The second-order valence-electron chi connectivity index (χ2n) is 9.53. The molecule has 0 saturated carbocycles. The van der Waals surface area contributed by atoms with Crippen LogP contribution in [0.2, 0.25) is 0 Å². The van der Waals surface area contributed by atoms with Crippen LogP contribution in [-0.4, -0.2) is 44.1 Å². The van der Waals surface area contributed by atoms with Gasteiger partial charge in [-0.05, 0) is 62.3 Å². The third-order valence-corrected chi connectivity index (χ3v) is 6.41. The number of aliphatic hydroxyl groups is 2. The van der Waals surface area contributed by atoms with Crippen molar-refractivity contribution < 1.29 is 30.0 Å². The molecule has 0 heterocycles.